The molecule has 100 valence electrons. The summed E-state index contributed by atoms with van der Waals surface area (Å²) in [6, 6.07) is 2.10. The van der Waals surface area contributed by atoms with Gasteiger partial charge in [0, 0.05) is 13.1 Å². The quantitative estimate of drug-likeness (QED) is 0.770. The van der Waals surface area contributed by atoms with Crippen LogP contribution in [0, 0.1) is 0 Å². The Morgan fingerprint density at radius 2 is 2.00 bits per heavy atom. The number of hydrogen-bond donors (Lipinski definition) is 2. The lowest BCUT2D eigenvalue weighted by atomic mass is 10.1. The highest BCUT2D eigenvalue weighted by Crippen LogP contribution is 2.19. The Morgan fingerprint density at radius 3 is 2.50 bits per heavy atom. The first-order valence-corrected chi connectivity index (χ1v) is 6.75. The van der Waals surface area contributed by atoms with E-state index in [1.165, 1.54) is 0 Å². The second-order valence-corrected chi connectivity index (χ2v) is 4.89. The van der Waals surface area contributed by atoms with Crippen LogP contribution in [0.3, 0.4) is 0 Å². The number of thiophene rings is 1. The molecule has 1 aromatic heterocycles. The molecular formula is C12H19N3O2S. The molecule has 18 heavy (non-hydrogen) atoms. The third kappa shape index (κ3) is 4.12. The van der Waals surface area contributed by atoms with E-state index in [2.05, 4.69) is 10.6 Å². The van der Waals surface area contributed by atoms with Gasteiger partial charge in [-0.05, 0) is 43.4 Å². The van der Waals surface area contributed by atoms with E-state index < -0.39 is 11.8 Å². The van der Waals surface area contributed by atoms with E-state index in [0.717, 1.165) is 5.56 Å². The van der Waals surface area contributed by atoms with E-state index >= 15 is 0 Å². The summed E-state index contributed by atoms with van der Waals surface area (Å²) in [7, 11) is 3.89. The molecule has 5 nitrogen and oxygen atoms in total. The van der Waals surface area contributed by atoms with Crippen molar-refractivity contribution < 1.29 is 9.59 Å². The van der Waals surface area contributed by atoms with E-state index in [0.29, 0.717) is 13.1 Å². The predicted octanol–water partition coefficient (Wildman–Crippen LogP) is 0.603. The Hall–Kier alpha value is -1.40. The minimum absolute atomic E-state index is 0.0784. The Labute approximate surface area is 111 Å². The zero-order valence-electron chi connectivity index (χ0n) is 10.9. The average molecular weight is 269 g/mol. The summed E-state index contributed by atoms with van der Waals surface area (Å²) in [4.78, 5) is 24.8. The maximum Gasteiger partial charge on any atom is 0.309 e. The van der Waals surface area contributed by atoms with Crippen molar-refractivity contribution in [3.8, 4) is 0 Å². The van der Waals surface area contributed by atoms with Crippen LogP contribution < -0.4 is 10.6 Å². The average Bonchev–Trinajstić information content (AvgIpc) is 2.82. The van der Waals surface area contributed by atoms with E-state index in [1.807, 2.05) is 35.8 Å². The first kappa shape index (κ1) is 14.7. The van der Waals surface area contributed by atoms with Crippen molar-refractivity contribution >= 4 is 23.2 Å². The van der Waals surface area contributed by atoms with Gasteiger partial charge in [-0.25, -0.2) is 0 Å². The molecule has 0 spiro atoms. The molecule has 1 rings (SSSR count). The van der Waals surface area contributed by atoms with Gasteiger partial charge in [-0.1, -0.05) is 0 Å². The third-order valence-electron chi connectivity index (χ3n) is 2.55. The number of nitrogens with one attached hydrogen (secondary N) is 2. The lowest BCUT2D eigenvalue weighted by Crippen LogP contribution is -2.42. The molecule has 0 unspecified atom stereocenters. The van der Waals surface area contributed by atoms with Crippen LogP contribution in [0.15, 0.2) is 16.8 Å². The molecule has 1 heterocycles. The Kier molecular flexibility index (Phi) is 5.80. The molecule has 0 saturated heterocycles. The minimum atomic E-state index is -0.584. The second-order valence-electron chi connectivity index (χ2n) is 4.11. The fourth-order valence-electron chi connectivity index (χ4n) is 1.57. The molecule has 6 heteroatoms. The summed E-state index contributed by atoms with van der Waals surface area (Å²) < 4.78 is 0. The van der Waals surface area contributed by atoms with Gasteiger partial charge >= 0.3 is 11.8 Å². The zero-order chi connectivity index (χ0) is 13.5. The van der Waals surface area contributed by atoms with Crippen LogP contribution in [0.25, 0.3) is 0 Å². The number of hydrogen-bond acceptors (Lipinski definition) is 4. The molecule has 1 aromatic rings. The van der Waals surface area contributed by atoms with Crippen molar-refractivity contribution in [1.82, 2.24) is 15.5 Å². The predicted molar refractivity (Wildman–Crippen MR) is 72.4 cm³/mol. The lowest BCUT2D eigenvalue weighted by Gasteiger charge is -2.23. The monoisotopic (exact) mass is 269 g/mol. The van der Waals surface area contributed by atoms with Gasteiger partial charge in [0.1, 0.15) is 0 Å². The van der Waals surface area contributed by atoms with Gasteiger partial charge in [0.05, 0.1) is 6.04 Å². The normalized spacial score (nSPS) is 12.2. The van der Waals surface area contributed by atoms with Crippen LogP contribution in [0.1, 0.15) is 18.5 Å². The van der Waals surface area contributed by atoms with Crippen LogP contribution in [0.5, 0.6) is 0 Å². The molecule has 2 amide bonds. The molecule has 0 aromatic carbocycles. The molecular weight excluding hydrogens is 250 g/mol. The van der Waals surface area contributed by atoms with Crippen molar-refractivity contribution in [2.24, 2.45) is 0 Å². The molecule has 0 fully saturated rings. The highest BCUT2D eigenvalue weighted by atomic mass is 32.1. The topological polar surface area (TPSA) is 61.4 Å². The molecule has 0 aliphatic carbocycles. The van der Waals surface area contributed by atoms with Gasteiger partial charge in [-0.3, -0.25) is 9.59 Å². The fourth-order valence-corrected chi connectivity index (χ4v) is 2.28. The molecule has 0 aliphatic rings. The Bertz CT molecular complexity index is 390. The summed E-state index contributed by atoms with van der Waals surface area (Å²) in [5.74, 6) is -1.17. The number of rotatable bonds is 5. The molecule has 0 aliphatic heterocycles. The number of amides is 2. The van der Waals surface area contributed by atoms with E-state index in [-0.39, 0.29) is 6.04 Å². The number of carbonyl (C=O) groups excluding carboxylic acids is 2. The largest absolute Gasteiger partial charge is 0.348 e. The van der Waals surface area contributed by atoms with Crippen LogP contribution in [-0.4, -0.2) is 43.9 Å². The Balaban J connectivity index is 2.54. The zero-order valence-corrected chi connectivity index (χ0v) is 11.7. The molecule has 0 bridgehead atoms. The van der Waals surface area contributed by atoms with Crippen molar-refractivity contribution in [3.63, 3.8) is 0 Å². The highest BCUT2D eigenvalue weighted by Gasteiger charge is 2.18. The van der Waals surface area contributed by atoms with Crippen molar-refractivity contribution in [2.45, 2.75) is 13.0 Å². The summed E-state index contributed by atoms with van der Waals surface area (Å²) in [5, 5.41) is 9.16. The SMILES string of the molecule is CCNC(=O)C(=O)NC[C@@H](c1ccsc1)N(C)C. The minimum Gasteiger partial charge on any atom is -0.348 e. The van der Waals surface area contributed by atoms with Gasteiger partial charge in [0.25, 0.3) is 0 Å². The lowest BCUT2D eigenvalue weighted by molar-refractivity contribution is -0.139. The summed E-state index contributed by atoms with van der Waals surface area (Å²) in [6.45, 7) is 2.65. The summed E-state index contributed by atoms with van der Waals surface area (Å²) in [5.41, 5.74) is 1.14. The maximum atomic E-state index is 11.5. The number of carbonyl (C=O) groups is 2. The molecule has 1 atom stereocenters. The van der Waals surface area contributed by atoms with Crippen LogP contribution >= 0.6 is 11.3 Å². The molecule has 0 saturated carbocycles. The van der Waals surface area contributed by atoms with E-state index in [1.54, 1.807) is 18.3 Å². The third-order valence-corrected chi connectivity index (χ3v) is 3.25. The van der Waals surface area contributed by atoms with Crippen LogP contribution in [0.4, 0.5) is 0 Å². The van der Waals surface area contributed by atoms with Crippen molar-refractivity contribution in [3.05, 3.63) is 22.4 Å². The molecule has 0 radical (unpaired) electrons. The molecule has 2 N–H and O–H groups in total. The highest BCUT2D eigenvalue weighted by molar-refractivity contribution is 7.07. The van der Waals surface area contributed by atoms with Gasteiger partial charge in [-0.2, -0.15) is 11.3 Å². The van der Waals surface area contributed by atoms with Gasteiger partial charge in [0.15, 0.2) is 0 Å². The van der Waals surface area contributed by atoms with Gasteiger partial charge in [0.2, 0.25) is 0 Å². The van der Waals surface area contributed by atoms with Crippen molar-refractivity contribution in [2.75, 3.05) is 27.2 Å². The Morgan fingerprint density at radius 1 is 1.33 bits per heavy atom. The van der Waals surface area contributed by atoms with E-state index in [9.17, 15) is 9.59 Å². The fraction of sp³-hybridized carbons (Fsp3) is 0.500. The van der Waals surface area contributed by atoms with Crippen LogP contribution in [0.2, 0.25) is 0 Å². The van der Waals surface area contributed by atoms with Gasteiger partial charge in [-0.15, -0.1) is 0 Å². The second kappa shape index (κ2) is 7.13. The number of likely N-dealkylation sites (N-methyl/N-ethyl adjacent to an activating group) is 2. The number of nitrogens with zero attached hydrogens (tertiary/aromatic N) is 1. The van der Waals surface area contributed by atoms with Crippen LogP contribution in [-0.2, 0) is 9.59 Å². The summed E-state index contributed by atoms with van der Waals surface area (Å²) in [6.07, 6.45) is 0. The first-order valence-electron chi connectivity index (χ1n) is 5.80. The first-order chi connectivity index (χ1) is 8.56. The summed E-state index contributed by atoms with van der Waals surface area (Å²) >= 11 is 1.62. The van der Waals surface area contributed by atoms with Crippen molar-refractivity contribution in [1.29, 1.82) is 0 Å². The maximum absolute atomic E-state index is 11.5. The standard InChI is InChI=1S/C12H19N3O2S/c1-4-13-11(16)12(17)14-7-10(15(2)3)9-5-6-18-8-9/h5-6,8,10H,4,7H2,1-3H3,(H,13,16)(H,14,17)/t10-/m0/s1. The van der Waals surface area contributed by atoms with E-state index in [4.69, 9.17) is 0 Å². The van der Waals surface area contributed by atoms with Gasteiger partial charge < -0.3 is 15.5 Å². The smallest absolute Gasteiger partial charge is 0.309 e.